The summed E-state index contributed by atoms with van der Waals surface area (Å²) >= 11 is 0. The SMILES string of the molecule is CCO[Si](CCCOc1ccc(C(C)(C)c2ccc(O)cc2)cc1)(OCC)OCC. The van der Waals surface area contributed by atoms with Gasteiger partial charge in [0.05, 0.1) is 6.61 Å². The van der Waals surface area contributed by atoms with Crippen LogP contribution in [0.4, 0.5) is 0 Å². The molecule has 166 valence electrons. The summed E-state index contributed by atoms with van der Waals surface area (Å²) in [5.41, 5.74) is 2.18. The van der Waals surface area contributed by atoms with Crippen molar-refractivity contribution in [2.45, 2.75) is 52.5 Å². The largest absolute Gasteiger partial charge is 0.508 e. The van der Waals surface area contributed by atoms with Crippen LogP contribution in [0.5, 0.6) is 11.5 Å². The molecule has 0 bridgehead atoms. The van der Waals surface area contributed by atoms with Gasteiger partial charge in [-0.25, -0.2) is 0 Å². The Kier molecular flexibility index (Phi) is 9.36. The molecule has 5 nitrogen and oxygen atoms in total. The molecule has 6 heteroatoms. The van der Waals surface area contributed by atoms with Crippen molar-refractivity contribution in [1.82, 2.24) is 0 Å². The molecule has 30 heavy (non-hydrogen) atoms. The Morgan fingerprint density at radius 1 is 0.767 bits per heavy atom. The van der Waals surface area contributed by atoms with E-state index in [1.807, 2.05) is 45.0 Å². The summed E-state index contributed by atoms with van der Waals surface area (Å²) < 4.78 is 23.6. The van der Waals surface area contributed by atoms with Gasteiger partial charge >= 0.3 is 8.80 Å². The molecule has 0 saturated heterocycles. The van der Waals surface area contributed by atoms with Crippen LogP contribution in [-0.2, 0) is 18.7 Å². The maximum Gasteiger partial charge on any atom is 0.501 e. The molecular formula is C24H36O5Si. The van der Waals surface area contributed by atoms with E-state index >= 15 is 0 Å². The number of phenols is 1. The van der Waals surface area contributed by atoms with Crippen molar-refractivity contribution in [3.63, 3.8) is 0 Å². The van der Waals surface area contributed by atoms with Crippen molar-refractivity contribution in [3.05, 3.63) is 59.7 Å². The minimum atomic E-state index is -2.61. The fourth-order valence-electron chi connectivity index (χ4n) is 3.49. The number of benzene rings is 2. The Bertz CT molecular complexity index is 726. The van der Waals surface area contributed by atoms with Crippen molar-refractivity contribution < 1.29 is 23.1 Å². The molecule has 0 fully saturated rings. The van der Waals surface area contributed by atoms with Crippen LogP contribution in [0.25, 0.3) is 0 Å². The summed E-state index contributed by atoms with van der Waals surface area (Å²) in [5, 5.41) is 9.53. The molecule has 0 unspecified atom stereocenters. The van der Waals surface area contributed by atoms with Crippen LogP contribution in [-0.4, -0.2) is 40.3 Å². The van der Waals surface area contributed by atoms with E-state index in [0.717, 1.165) is 23.8 Å². The number of phenolic OH excluding ortho intramolecular Hbond substituents is 1. The maximum absolute atomic E-state index is 9.53. The molecule has 0 radical (unpaired) electrons. The molecule has 0 heterocycles. The smallest absolute Gasteiger partial charge is 0.501 e. The fourth-order valence-corrected chi connectivity index (χ4v) is 6.07. The van der Waals surface area contributed by atoms with E-state index in [0.29, 0.717) is 26.4 Å². The van der Waals surface area contributed by atoms with Gasteiger partial charge in [0.15, 0.2) is 0 Å². The Morgan fingerprint density at radius 3 is 1.70 bits per heavy atom. The topological polar surface area (TPSA) is 57.2 Å². The van der Waals surface area contributed by atoms with E-state index < -0.39 is 8.80 Å². The molecule has 0 saturated carbocycles. The molecule has 2 aromatic rings. The molecule has 2 rings (SSSR count). The molecule has 0 aliphatic rings. The van der Waals surface area contributed by atoms with E-state index in [2.05, 4.69) is 26.0 Å². The first-order valence-corrected chi connectivity index (χ1v) is 12.7. The van der Waals surface area contributed by atoms with Crippen LogP contribution in [0.2, 0.25) is 6.04 Å². The normalized spacial score (nSPS) is 12.2. The number of hydrogen-bond acceptors (Lipinski definition) is 5. The highest BCUT2D eigenvalue weighted by molar-refractivity contribution is 6.60. The van der Waals surface area contributed by atoms with Crippen LogP contribution in [0.3, 0.4) is 0 Å². The van der Waals surface area contributed by atoms with Crippen LogP contribution in [0, 0.1) is 0 Å². The van der Waals surface area contributed by atoms with Gasteiger partial charge in [-0.05, 0) is 62.6 Å². The van der Waals surface area contributed by atoms with Gasteiger partial charge in [-0.2, -0.15) is 0 Å². The molecule has 0 aliphatic heterocycles. The van der Waals surface area contributed by atoms with E-state index in [4.69, 9.17) is 18.0 Å². The molecule has 1 N–H and O–H groups in total. The third kappa shape index (κ3) is 6.57. The molecule has 0 atom stereocenters. The predicted molar refractivity (Wildman–Crippen MR) is 122 cm³/mol. The zero-order valence-corrected chi connectivity index (χ0v) is 19.9. The quantitative estimate of drug-likeness (QED) is 0.333. The summed E-state index contributed by atoms with van der Waals surface area (Å²) in [5.74, 6) is 1.13. The van der Waals surface area contributed by atoms with Gasteiger partial charge in [0, 0.05) is 31.3 Å². The third-order valence-electron chi connectivity index (χ3n) is 5.15. The van der Waals surface area contributed by atoms with Gasteiger partial charge in [-0.15, -0.1) is 0 Å². The second kappa shape index (κ2) is 11.5. The Morgan fingerprint density at radius 2 is 1.23 bits per heavy atom. The lowest BCUT2D eigenvalue weighted by Gasteiger charge is -2.28. The van der Waals surface area contributed by atoms with Crippen molar-refractivity contribution in [3.8, 4) is 11.5 Å². The Balaban J connectivity index is 1.93. The number of hydrogen-bond donors (Lipinski definition) is 1. The zero-order valence-electron chi connectivity index (χ0n) is 18.9. The van der Waals surface area contributed by atoms with E-state index in [1.165, 1.54) is 5.56 Å². The predicted octanol–water partition coefficient (Wildman–Crippen LogP) is 5.54. The van der Waals surface area contributed by atoms with Crippen molar-refractivity contribution in [1.29, 1.82) is 0 Å². The Hall–Kier alpha value is -1.86. The highest BCUT2D eigenvalue weighted by Gasteiger charge is 2.39. The first kappa shape index (κ1) is 24.4. The molecule has 0 aromatic heterocycles. The van der Waals surface area contributed by atoms with Crippen LogP contribution < -0.4 is 4.74 Å². The summed E-state index contributed by atoms with van der Waals surface area (Å²) in [6, 6.07) is 16.3. The summed E-state index contributed by atoms with van der Waals surface area (Å²) in [6.45, 7) is 12.6. The molecule has 0 spiro atoms. The second-order valence-corrected chi connectivity index (χ2v) is 10.4. The Labute approximate surface area is 182 Å². The van der Waals surface area contributed by atoms with Gasteiger partial charge in [-0.3, -0.25) is 0 Å². The average Bonchev–Trinajstić information content (AvgIpc) is 2.72. The summed E-state index contributed by atoms with van der Waals surface area (Å²) in [6.07, 6.45) is 0.812. The molecule has 0 amide bonds. The number of aromatic hydroxyl groups is 1. The lowest BCUT2D eigenvalue weighted by atomic mass is 9.78. The van der Waals surface area contributed by atoms with E-state index in [-0.39, 0.29) is 11.2 Å². The standard InChI is InChI=1S/C24H36O5Si/c1-6-27-30(28-7-2,29-8-3)19-9-18-26-23-16-12-21(13-17-23)24(4,5)20-10-14-22(25)15-11-20/h10-17,25H,6-9,18-19H2,1-5H3. The zero-order chi connectivity index (χ0) is 22.0. The lowest BCUT2D eigenvalue weighted by Crippen LogP contribution is -2.46. The van der Waals surface area contributed by atoms with E-state index in [1.54, 1.807) is 12.1 Å². The van der Waals surface area contributed by atoms with Gasteiger partial charge < -0.3 is 23.1 Å². The second-order valence-electron chi connectivity index (χ2n) is 7.63. The fraction of sp³-hybridized carbons (Fsp3) is 0.500. The molecule has 2 aromatic carbocycles. The van der Waals surface area contributed by atoms with Gasteiger partial charge in [-0.1, -0.05) is 38.1 Å². The molecular weight excluding hydrogens is 396 g/mol. The van der Waals surface area contributed by atoms with Gasteiger partial charge in [0.1, 0.15) is 11.5 Å². The van der Waals surface area contributed by atoms with Crippen molar-refractivity contribution >= 4 is 8.80 Å². The van der Waals surface area contributed by atoms with Gasteiger partial charge in [0.25, 0.3) is 0 Å². The maximum atomic E-state index is 9.53. The minimum Gasteiger partial charge on any atom is -0.508 e. The van der Waals surface area contributed by atoms with Crippen LogP contribution in [0.15, 0.2) is 48.5 Å². The number of ether oxygens (including phenoxy) is 1. The minimum absolute atomic E-state index is 0.163. The summed E-state index contributed by atoms with van der Waals surface area (Å²) in [7, 11) is -2.61. The monoisotopic (exact) mass is 432 g/mol. The van der Waals surface area contributed by atoms with E-state index in [9.17, 15) is 5.11 Å². The summed E-state index contributed by atoms with van der Waals surface area (Å²) in [4.78, 5) is 0. The van der Waals surface area contributed by atoms with Crippen molar-refractivity contribution in [2.75, 3.05) is 26.4 Å². The molecule has 0 aliphatic carbocycles. The first-order valence-electron chi connectivity index (χ1n) is 10.8. The highest BCUT2D eigenvalue weighted by atomic mass is 28.4. The van der Waals surface area contributed by atoms with Crippen LogP contribution in [0.1, 0.15) is 52.2 Å². The third-order valence-corrected chi connectivity index (χ3v) is 8.31. The average molecular weight is 433 g/mol. The number of rotatable bonds is 13. The van der Waals surface area contributed by atoms with Gasteiger partial charge in [0.2, 0.25) is 0 Å². The first-order chi connectivity index (χ1) is 14.4. The lowest BCUT2D eigenvalue weighted by molar-refractivity contribution is 0.0696. The van der Waals surface area contributed by atoms with Crippen molar-refractivity contribution in [2.24, 2.45) is 0 Å². The highest BCUT2D eigenvalue weighted by Crippen LogP contribution is 2.33. The van der Waals surface area contributed by atoms with Crippen LogP contribution >= 0.6 is 0 Å².